The van der Waals surface area contributed by atoms with Gasteiger partial charge in [0.2, 0.25) is 5.88 Å². The quantitative estimate of drug-likeness (QED) is 0.283. The van der Waals surface area contributed by atoms with Crippen LogP contribution in [0.2, 0.25) is 5.02 Å². The van der Waals surface area contributed by atoms with E-state index in [9.17, 15) is 35.9 Å². The van der Waals surface area contributed by atoms with Crippen LogP contribution in [-0.2, 0) is 11.0 Å². The van der Waals surface area contributed by atoms with Gasteiger partial charge in [-0.3, -0.25) is 9.59 Å². The van der Waals surface area contributed by atoms with Crippen molar-refractivity contribution in [2.45, 2.75) is 56.2 Å². The lowest BCUT2D eigenvalue weighted by Crippen LogP contribution is -2.51. The molecule has 4 rings (SSSR count). The van der Waals surface area contributed by atoms with Crippen LogP contribution >= 0.6 is 11.6 Å². The highest BCUT2D eigenvalue weighted by Crippen LogP contribution is 2.39. The molecule has 15 heteroatoms. The summed E-state index contributed by atoms with van der Waals surface area (Å²) in [4.78, 5) is 34.4. The van der Waals surface area contributed by atoms with Crippen LogP contribution in [0.25, 0.3) is 0 Å². The number of ether oxygens (including phenoxy) is 1. The number of anilines is 1. The third-order valence-electron chi connectivity index (χ3n) is 6.40. The van der Waals surface area contributed by atoms with Gasteiger partial charge in [0.1, 0.15) is 17.4 Å². The molecular weight excluding hydrogens is 556 g/mol. The Kier molecular flexibility index (Phi) is 7.96. The van der Waals surface area contributed by atoms with Crippen molar-refractivity contribution in [1.82, 2.24) is 20.6 Å². The van der Waals surface area contributed by atoms with Crippen LogP contribution in [0.1, 0.15) is 41.6 Å². The highest BCUT2D eigenvalue weighted by atomic mass is 35.5. The van der Waals surface area contributed by atoms with E-state index in [0.717, 1.165) is 12.8 Å². The minimum atomic E-state index is -4.64. The molecule has 2 amide bonds. The Morgan fingerprint density at radius 2 is 1.74 bits per heavy atom. The maximum Gasteiger partial charge on any atom is 0.417 e. The molecule has 0 aliphatic carbocycles. The van der Waals surface area contributed by atoms with Gasteiger partial charge in [-0.05, 0) is 43.9 Å². The van der Waals surface area contributed by atoms with Gasteiger partial charge in [-0.15, -0.1) is 0 Å². The smallest absolute Gasteiger partial charge is 0.417 e. The third kappa shape index (κ3) is 6.91. The molecule has 2 aliphatic heterocycles. The monoisotopic (exact) mass is 577 g/mol. The van der Waals surface area contributed by atoms with E-state index in [4.69, 9.17) is 16.3 Å². The number of rotatable bonds is 7. The number of alkyl halides is 6. The first-order valence-corrected chi connectivity index (χ1v) is 12.1. The molecule has 0 aromatic carbocycles. The fourth-order valence-corrected chi connectivity index (χ4v) is 4.91. The zero-order valence-corrected chi connectivity index (χ0v) is 20.8. The summed E-state index contributed by atoms with van der Waals surface area (Å²) < 4.78 is 80.6. The number of fused-ring (bicyclic) bond motifs is 2. The van der Waals surface area contributed by atoms with E-state index in [1.165, 1.54) is 12.3 Å². The van der Waals surface area contributed by atoms with E-state index in [1.54, 1.807) is 11.4 Å². The van der Waals surface area contributed by atoms with Crippen molar-refractivity contribution in [3.63, 3.8) is 0 Å². The second-order valence-corrected chi connectivity index (χ2v) is 9.58. The summed E-state index contributed by atoms with van der Waals surface area (Å²) in [7, 11) is 0. The minimum Gasteiger partial charge on any atom is -0.432 e. The number of piperidine rings is 1. The van der Waals surface area contributed by atoms with E-state index in [-0.39, 0.29) is 35.3 Å². The van der Waals surface area contributed by atoms with Crippen molar-refractivity contribution in [1.29, 1.82) is 0 Å². The van der Waals surface area contributed by atoms with Gasteiger partial charge >= 0.3 is 12.4 Å². The fraction of sp³-hybridized carbons (Fsp3) is 0.417. The molecule has 2 aliphatic rings. The van der Waals surface area contributed by atoms with Crippen LogP contribution in [0.15, 0.2) is 42.9 Å². The first kappa shape index (κ1) is 28.5. The first-order chi connectivity index (χ1) is 18.2. The Morgan fingerprint density at radius 3 is 2.28 bits per heavy atom. The van der Waals surface area contributed by atoms with Crippen molar-refractivity contribution >= 4 is 29.2 Å². The zero-order valence-electron chi connectivity index (χ0n) is 20.1. The molecule has 2 aromatic rings. The van der Waals surface area contributed by atoms with Gasteiger partial charge in [-0.2, -0.15) is 26.3 Å². The Bertz CT molecular complexity index is 1240. The number of halogens is 7. The van der Waals surface area contributed by atoms with E-state index >= 15 is 0 Å². The Hall–Kier alpha value is -3.55. The highest BCUT2D eigenvalue weighted by molar-refractivity contribution is 6.31. The van der Waals surface area contributed by atoms with Gasteiger partial charge in [0.05, 0.1) is 11.1 Å². The van der Waals surface area contributed by atoms with E-state index in [0.29, 0.717) is 30.9 Å². The van der Waals surface area contributed by atoms with Crippen LogP contribution in [-0.4, -0.2) is 52.6 Å². The predicted octanol–water partition coefficient (Wildman–Crippen LogP) is 4.65. The summed E-state index contributed by atoms with van der Waals surface area (Å²) in [6.45, 7) is 2.08. The second kappa shape index (κ2) is 10.9. The lowest BCUT2D eigenvalue weighted by atomic mass is 9.97. The van der Waals surface area contributed by atoms with E-state index in [2.05, 4.69) is 26.8 Å². The number of nitrogens with one attached hydrogen (secondary N) is 2. The molecule has 2 N–H and O–H groups in total. The zero-order chi connectivity index (χ0) is 28.5. The predicted molar refractivity (Wildman–Crippen MR) is 127 cm³/mol. The average Bonchev–Trinajstić information content (AvgIpc) is 3.12. The summed E-state index contributed by atoms with van der Waals surface area (Å²) in [6, 6.07) is 3.37. The molecular formula is C24H22ClF6N5O3. The number of pyridine rings is 2. The molecule has 2 fully saturated rings. The van der Waals surface area contributed by atoms with Gasteiger partial charge in [0.15, 0.2) is 5.76 Å². The number of amides is 2. The van der Waals surface area contributed by atoms with Crippen molar-refractivity contribution in [3.8, 4) is 5.88 Å². The van der Waals surface area contributed by atoms with Crippen LogP contribution in [0.3, 0.4) is 0 Å². The van der Waals surface area contributed by atoms with Crippen LogP contribution in [0.5, 0.6) is 5.88 Å². The van der Waals surface area contributed by atoms with Crippen molar-refractivity contribution in [2.75, 3.05) is 11.4 Å². The summed E-state index contributed by atoms with van der Waals surface area (Å²) in [5.74, 6) is -1.76. The Balaban J connectivity index is 1.32. The molecule has 39 heavy (non-hydrogen) atoms. The van der Waals surface area contributed by atoms with Crippen LogP contribution in [0, 0.1) is 0 Å². The average molecular weight is 578 g/mol. The van der Waals surface area contributed by atoms with Gasteiger partial charge < -0.3 is 20.3 Å². The van der Waals surface area contributed by atoms with E-state index < -0.39 is 41.3 Å². The number of carbonyl (C=O) groups is 2. The fourth-order valence-electron chi connectivity index (χ4n) is 4.71. The molecule has 2 unspecified atom stereocenters. The van der Waals surface area contributed by atoms with Gasteiger partial charge in [0, 0.05) is 30.5 Å². The van der Waals surface area contributed by atoms with Gasteiger partial charge in [-0.25, -0.2) is 9.97 Å². The topological polar surface area (TPSA) is 96.5 Å². The normalized spacial score (nSPS) is 20.9. The van der Waals surface area contributed by atoms with E-state index in [1.807, 2.05) is 0 Å². The number of nitrogens with zero attached hydrogens (tertiary/aromatic N) is 3. The van der Waals surface area contributed by atoms with Gasteiger partial charge in [-0.1, -0.05) is 18.2 Å². The molecule has 0 spiro atoms. The maximum absolute atomic E-state index is 12.8. The molecule has 210 valence electrons. The van der Waals surface area contributed by atoms with Crippen molar-refractivity contribution < 1.29 is 40.7 Å². The molecule has 2 saturated heterocycles. The summed E-state index contributed by atoms with van der Waals surface area (Å²) in [5.41, 5.74) is -1.07. The van der Waals surface area contributed by atoms with Crippen molar-refractivity contribution in [3.05, 3.63) is 59.1 Å². The number of carbonyl (C=O) groups excluding carboxylic acids is 2. The lowest BCUT2D eigenvalue weighted by Gasteiger charge is -2.40. The van der Waals surface area contributed by atoms with Crippen LogP contribution in [0.4, 0.5) is 32.2 Å². The molecule has 2 bridgehead atoms. The Morgan fingerprint density at radius 1 is 1.08 bits per heavy atom. The molecule has 2 aromatic heterocycles. The lowest BCUT2D eigenvalue weighted by molar-refractivity contribution is -0.138. The van der Waals surface area contributed by atoms with Crippen molar-refractivity contribution in [2.24, 2.45) is 0 Å². The summed E-state index contributed by atoms with van der Waals surface area (Å²) in [6.07, 6.45) is -4.68. The van der Waals surface area contributed by atoms with Gasteiger partial charge in [0.25, 0.3) is 11.8 Å². The SMILES string of the molecule is C=C(Oc1ncc(C(F)(F)F)cc1Cl)C(=O)NC1CC2CCC(C1)N2c1ccc(C(=O)NCC(F)(F)F)cn1. The molecule has 2 atom stereocenters. The first-order valence-electron chi connectivity index (χ1n) is 11.7. The molecule has 0 saturated carbocycles. The minimum absolute atomic E-state index is 0.00125. The molecule has 8 nitrogen and oxygen atoms in total. The Labute approximate surface area is 223 Å². The highest BCUT2D eigenvalue weighted by Gasteiger charge is 2.42. The largest absolute Gasteiger partial charge is 0.432 e. The molecule has 4 heterocycles. The third-order valence-corrected chi connectivity index (χ3v) is 6.67. The number of hydrogen-bond acceptors (Lipinski definition) is 6. The maximum atomic E-state index is 12.8. The number of hydrogen-bond donors (Lipinski definition) is 2. The number of aromatic nitrogens is 2. The second-order valence-electron chi connectivity index (χ2n) is 9.17. The summed E-state index contributed by atoms with van der Waals surface area (Å²) in [5, 5.41) is 4.18. The summed E-state index contributed by atoms with van der Waals surface area (Å²) >= 11 is 5.82. The molecule has 0 radical (unpaired) electrons. The standard InChI is InChI=1S/C24H22ClF6N5O3/c1-12(39-22-18(25)6-14(10-33-22)24(29,30)31)20(37)35-15-7-16-3-4-17(8-15)36(16)19-5-2-13(9-32-19)21(38)34-11-23(26,27)28/h2,5-6,9-10,15-17H,1,3-4,7-8,11H2,(H,34,38)(H,35,37). The van der Waals surface area contributed by atoms with Crippen LogP contribution < -0.4 is 20.3 Å².